The average Bonchev–Trinajstić information content (AvgIpc) is 2.90. The lowest BCUT2D eigenvalue weighted by Crippen LogP contribution is -2.48. The number of benzene rings is 2. The normalized spacial score (nSPS) is 15.0. The van der Waals surface area contributed by atoms with E-state index in [1.165, 1.54) is 27.8 Å². The van der Waals surface area contributed by atoms with Gasteiger partial charge in [-0.3, -0.25) is 9.69 Å². The number of hydrogen-bond acceptors (Lipinski definition) is 7. The second kappa shape index (κ2) is 12.1. The van der Waals surface area contributed by atoms with Crippen LogP contribution in [0.1, 0.15) is 22.3 Å². The van der Waals surface area contributed by atoms with Crippen LogP contribution in [0.2, 0.25) is 0 Å². The van der Waals surface area contributed by atoms with Gasteiger partial charge in [-0.1, -0.05) is 54.2 Å². The van der Waals surface area contributed by atoms with Gasteiger partial charge in [0.2, 0.25) is 15.9 Å². The predicted octanol–water partition coefficient (Wildman–Crippen LogP) is 3.32. The van der Waals surface area contributed by atoms with Crippen molar-refractivity contribution >= 4 is 27.7 Å². The summed E-state index contributed by atoms with van der Waals surface area (Å²) in [7, 11) is -3.62. The van der Waals surface area contributed by atoms with Gasteiger partial charge in [-0.05, 0) is 48.2 Å². The van der Waals surface area contributed by atoms with Gasteiger partial charge in [0.1, 0.15) is 10.6 Å². The van der Waals surface area contributed by atoms with Gasteiger partial charge in [-0.25, -0.2) is 13.4 Å². The van der Waals surface area contributed by atoms with E-state index in [1.807, 2.05) is 44.2 Å². The number of hydrogen-bond donors (Lipinski definition) is 2. The van der Waals surface area contributed by atoms with Crippen LogP contribution >= 0.6 is 11.8 Å². The van der Waals surface area contributed by atoms with Gasteiger partial charge in [0.15, 0.2) is 0 Å². The maximum atomic E-state index is 13.1. The third kappa shape index (κ3) is 7.10. The molecule has 1 aliphatic heterocycles. The van der Waals surface area contributed by atoms with Crippen molar-refractivity contribution in [1.82, 2.24) is 19.5 Å². The Balaban J connectivity index is 1.25. The molecule has 2 aromatic carbocycles. The number of pyridine rings is 1. The Morgan fingerprint density at radius 2 is 1.68 bits per heavy atom. The lowest BCUT2D eigenvalue weighted by Gasteiger charge is -2.33. The molecule has 0 bridgehead atoms. The number of aromatic nitrogens is 1. The molecule has 3 aromatic rings. The Labute approximate surface area is 222 Å². The smallest absolute Gasteiger partial charge is 0.244 e. The van der Waals surface area contributed by atoms with Crippen molar-refractivity contribution in [1.29, 1.82) is 0 Å². The van der Waals surface area contributed by atoms with Crippen LogP contribution in [-0.4, -0.2) is 65.6 Å². The maximum Gasteiger partial charge on any atom is 0.244 e. The number of thioether (sulfide) groups is 1. The summed E-state index contributed by atoms with van der Waals surface area (Å²) < 4.78 is 27.7. The number of aryl methyl sites for hydroxylation is 2. The number of phenols is 1. The highest BCUT2D eigenvalue weighted by molar-refractivity contribution is 7.99. The van der Waals surface area contributed by atoms with Gasteiger partial charge in [0.05, 0.1) is 10.8 Å². The Morgan fingerprint density at radius 3 is 2.30 bits per heavy atom. The second-order valence-electron chi connectivity index (χ2n) is 9.14. The zero-order valence-corrected chi connectivity index (χ0v) is 22.7. The molecule has 196 valence electrons. The molecule has 1 aliphatic rings. The lowest BCUT2D eigenvalue weighted by molar-refractivity contribution is -0.118. The highest BCUT2D eigenvalue weighted by Crippen LogP contribution is 2.23. The first-order valence-corrected chi connectivity index (χ1v) is 14.6. The fraction of sp³-hybridized carbons (Fsp3) is 0.333. The van der Waals surface area contributed by atoms with E-state index in [9.17, 15) is 18.3 Å². The molecule has 0 radical (unpaired) electrons. The minimum absolute atomic E-state index is 0.153. The highest BCUT2D eigenvalue weighted by atomic mass is 32.2. The van der Waals surface area contributed by atoms with Gasteiger partial charge in [-0.2, -0.15) is 4.31 Å². The zero-order valence-electron chi connectivity index (χ0n) is 21.1. The largest absolute Gasteiger partial charge is 0.507 e. The number of nitrogens with one attached hydrogen (secondary N) is 1. The first kappa shape index (κ1) is 27.1. The minimum atomic E-state index is -3.62. The Morgan fingerprint density at radius 1 is 1.00 bits per heavy atom. The molecule has 0 atom stereocenters. The van der Waals surface area contributed by atoms with Crippen molar-refractivity contribution < 1.29 is 18.3 Å². The van der Waals surface area contributed by atoms with E-state index in [-0.39, 0.29) is 22.3 Å². The summed E-state index contributed by atoms with van der Waals surface area (Å²) in [5.41, 5.74) is 3.67. The van der Waals surface area contributed by atoms with Gasteiger partial charge < -0.3 is 10.4 Å². The fourth-order valence-electron chi connectivity index (χ4n) is 4.26. The molecule has 0 saturated carbocycles. The molecule has 0 aliphatic carbocycles. The van der Waals surface area contributed by atoms with Gasteiger partial charge in [0, 0.05) is 45.5 Å². The van der Waals surface area contributed by atoms with Crippen molar-refractivity contribution in [3.8, 4) is 5.75 Å². The molecule has 1 fully saturated rings. The number of nitrogens with zero attached hydrogens (tertiary/aromatic N) is 3. The van der Waals surface area contributed by atoms with Crippen LogP contribution in [0, 0.1) is 13.8 Å². The third-order valence-corrected chi connectivity index (χ3v) is 9.14. The van der Waals surface area contributed by atoms with E-state index >= 15 is 0 Å². The number of aromatic hydroxyl groups is 1. The monoisotopic (exact) mass is 540 g/mol. The number of carbonyl (C=O) groups excluding carboxylic acids is 1. The number of piperazine rings is 1. The fourth-order valence-corrected chi connectivity index (χ4v) is 6.30. The number of rotatable bonds is 9. The molecule has 2 N–H and O–H groups in total. The molecular weight excluding hydrogens is 508 g/mol. The Kier molecular flexibility index (Phi) is 8.86. The van der Waals surface area contributed by atoms with Gasteiger partial charge in [-0.15, -0.1) is 0 Å². The first-order valence-electron chi connectivity index (χ1n) is 12.1. The molecule has 1 amide bonds. The van der Waals surface area contributed by atoms with Crippen LogP contribution in [-0.2, 0) is 27.9 Å². The van der Waals surface area contributed by atoms with E-state index in [4.69, 9.17) is 0 Å². The van der Waals surface area contributed by atoms with Crippen LogP contribution in [0.15, 0.2) is 70.7 Å². The molecule has 10 heteroatoms. The standard InChI is InChI=1S/C27H32N4O4S2/c1-20-14-23(15-21(2)27(20)33)16-28-25(32)19-36-26-9-8-24(17-29-26)37(34,35)31-12-10-30(11-13-31)18-22-6-4-3-5-7-22/h3-9,14-15,17,33H,10-13,16,18-19H2,1-2H3,(H,28,32). The van der Waals surface area contributed by atoms with Crippen molar-refractivity contribution in [2.75, 3.05) is 31.9 Å². The summed E-state index contributed by atoms with van der Waals surface area (Å²) in [4.78, 5) is 19.0. The van der Waals surface area contributed by atoms with Crippen LogP contribution < -0.4 is 5.32 Å². The molecule has 2 heterocycles. The van der Waals surface area contributed by atoms with Crippen molar-refractivity contribution in [2.45, 2.75) is 36.9 Å². The summed E-state index contributed by atoms with van der Waals surface area (Å²) in [5, 5.41) is 13.3. The SMILES string of the molecule is Cc1cc(CNC(=O)CSc2ccc(S(=O)(=O)N3CCN(Cc4ccccc4)CC3)cn2)cc(C)c1O. The molecule has 1 aromatic heterocycles. The number of phenolic OH excluding ortho intramolecular Hbond substituents is 1. The van der Waals surface area contributed by atoms with E-state index in [0.717, 1.165) is 23.2 Å². The second-order valence-corrected chi connectivity index (χ2v) is 12.1. The number of carbonyl (C=O) groups is 1. The van der Waals surface area contributed by atoms with Gasteiger partial charge in [0.25, 0.3) is 0 Å². The van der Waals surface area contributed by atoms with Crippen LogP contribution in [0.5, 0.6) is 5.75 Å². The predicted molar refractivity (Wildman–Crippen MR) is 145 cm³/mol. The third-order valence-electron chi connectivity index (χ3n) is 6.32. The quantitative estimate of drug-likeness (QED) is 0.402. The van der Waals surface area contributed by atoms with Crippen LogP contribution in [0.4, 0.5) is 0 Å². The molecule has 0 unspecified atom stereocenters. The number of amides is 1. The van der Waals surface area contributed by atoms with Gasteiger partial charge >= 0.3 is 0 Å². The highest BCUT2D eigenvalue weighted by Gasteiger charge is 2.28. The lowest BCUT2D eigenvalue weighted by atomic mass is 10.1. The summed E-state index contributed by atoms with van der Waals surface area (Å²) in [6.07, 6.45) is 1.37. The molecule has 8 nitrogen and oxygen atoms in total. The molecule has 0 spiro atoms. The summed E-state index contributed by atoms with van der Waals surface area (Å²) >= 11 is 1.25. The molecule has 4 rings (SSSR count). The Bertz CT molecular complexity index is 1300. The topological polar surface area (TPSA) is 103 Å². The minimum Gasteiger partial charge on any atom is -0.507 e. The summed E-state index contributed by atoms with van der Waals surface area (Å²) in [5.74, 6) is 0.283. The van der Waals surface area contributed by atoms with E-state index in [1.54, 1.807) is 12.1 Å². The molecule has 1 saturated heterocycles. The molecular formula is C27H32N4O4S2. The van der Waals surface area contributed by atoms with E-state index in [2.05, 4.69) is 27.3 Å². The van der Waals surface area contributed by atoms with E-state index in [0.29, 0.717) is 37.7 Å². The number of sulfonamides is 1. The Hall–Kier alpha value is -2.92. The van der Waals surface area contributed by atoms with Crippen molar-refractivity contribution in [2.24, 2.45) is 0 Å². The summed E-state index contributed by atoms with van der Waals surface area (Å²) in [6.45, 7) is 7.05. The maximum absolute atomic E-state index is 13.1. The van der Waals surface area contributed by atoms with Crippen molar-refractivity contribution in [3.63, 3.8) is 0 Å². The van der Waals surface area contributed by atoms with Crippen LogP contribution in [0.3, 0.4) is 0 Å². The van der Waals surface area contributed by atoms with E-state index < -0.39 is 10.0 Å². The average molecular weight is 541 g/mol. The molecule has 37 heavy (non-hydrogen) atoms. The zero-order chi connectivity index (χ0) is 26.4. The first-order chi connectivity index (χ1) is 17.7. The van der Waals surface area contributed by atoms with Crippen molar-refractivity contribution in [3.05, 3.63) is 83.0 Å². The van der Waals surface area contributed by atoms with Crippen LogP contribution in [0.25, 0.3) is 0 Å². The summed E-state index contributed by atoms with van der Waals surface area (Å²) in [6, 6.07) is 17.1.